The van der Waals surface area contributed by atoms with Gasteiger partial charge in [-0.1, -0.05) is 6.07 Å². The Balaban J connectivity index is 1.58. The van der Waals surface area contributed by atoms with Crippen molar-refractivity contribution in [3.63, 3.8) is 0 Å². The molecule has 34 heavy (non-hydrogen) atoms. The summed E-state index contributed by atoms with van der Waals surface area (Å²) in [7, 11) is -3.99. The van der Waals surface area contributed by atoms with Crippen LogP contribution in [0.5, 0.6) is 5.75 Å². The van der Waals surface area contributed by atoms with Crippen molar-refractivity contribution in [2.75, 3.05) is 44.3 Å². The van der Waals surface area contributed by atoms with Crippen LogP contribution in [0, 0.1) is 0 Å². The van der Waals surface area contributed by atoms with E-state index in [4.69, 9.17) is 9.47 Å². The predicted molar refractivity (Wildman–Crippen MR) is 124 cm³/mol. The topological polar surface area (TPSA) is 114 Å². The quantitative estimate of drug-likeness (QED) is 0.299. The standard InChI is InChI=1S/C22H25N3O7S2/c1-16(26)32-18-6-4-17(5-7-18)25-20(27)15-19(22(25)28)24(9-8-23-10-12-31-13-11-23)34(29,30)21-3-2-14-33-21/h2-7,14,19H,8-13,15H2,1H3. The number of carbonyl (C=O) groups excluding carboxylic acids is 3. The van der Waals surface area contributed by atoms with Crippen LogP contribution in [0.15, 0.2) is 46.0 Å². The molecule has 182 valence electrons. The third kappa shape index (κ3) is 5.20. The summed E-state index contributed by atoms with van der Waals surface area (Å²) in [5.74, 6) is -1.31. The average molecular weight is 508 g/mol. The van der Waals surface area contributed by atoms with Gasteiger partial charge < -0.3 is 9.47 Å². The molecule has 1 aromatic heterocycles. The molecule has 2 amide bonds. The van der Waals surface area contributed by atoms with E-state index in [9.17, 15) is 22.8 Å². The smallest absolute Gasteiger partial charge is 0.308 e. The van der Waals surface area contributed by atoms with E-state index < -0.39 is 33.8 Å². The summed E-state index contributed by atoms with van der Waals surface area (Å²) < 4.78 is 38.5. The summed E-state index contributed by atoms with van der Waals surface area (Å²) in [4.78, 5) is 40.4. The van der Waals surface area contributed by atoms with Gasteiger partial charge in [0.2, 0.25) is 5.91 Å². The summed E-state index contributed by atoms with van der Waals surface area (Å²) >= 11 is 1.07. The number of benzene rings is 1. The SMILES string of the molecule is CC(=O)Oc1ccc(N2C(=O)CC(N(CCN3CCOCC3)S(=O)(=O)c3cccs3)C2=O)cc1. The third-order valence-electron chi connectivity index (χ3n) is 5.63. The first-order chi connectivity index (χ1) is 16.3. The Morgan fingerprint density at radius 3 is 2.50 bits per heavy atom. The molecule has 1 aromatic carbocycles. The van der Waals surface area contributed by atoms with Crippen LogP contribution in [0.25, 0.3) is 0 Å². The molecule has 0 spiro atoms. The van der Waals surface area contributed by atoms with Gasteiger partial charge in [-0.15, -0.1) is 11.3 Å². The van der Waals surface area contributed by atoms with Gasteiger partial charge >= 0.3 is 5.97 Å². The van der Waals surface area contributed by atoms with Crippen LogP contribution in [0.3, 0.4) is 0 Å². The van der Waals surface area contributed by atoms with E-state index in [1.54, 1.807) is 11.4 Å². The van der Waals surface area contributed by atoms with Crippen molar-refractivity contribution in [2.45, 2.75) is 23.6 Å². The molecule has 2 fully saturated rings. The van der Waals surface area contributed by atoms with Crippen LogP contribution in [0.4, 0.5) is 5.69 Å². The van der Waals surface area contributed by atoms with Crippen LogP contribution in [-0.2, 0) is 29.1 Å². The molecule has 3 heterocycles. The summed E-state index contributed by atoms with van der Waals surface area (Å²) in [6, 6.07) is 7.91. The van der Waals surface area contributed by atoms with E-state index in [1.807, 2.05) is 0 Å². The molecule has 0 saturated carbocycles. The summed E-state index contributed by atoms with van der Waals surface area (Å²) in [5, 5.41) is 1.66. The van der Waals surface area contributed by atoms with Crippen LogP contribution in [0.1, 0.15) is 13.3 Å². The van der Waals surface area contributed by atoms with Crippen molar-refractivity contribution in [3.05, 3.63) is 41.8 Å². The lowest BCUT2D eigenvalue weighted by Crippen LogP contribution is -2.49. The molecule has 0 aliphatic carbocycles. The Bertz CT molecular complexity index is 1140. The van der Waals surface area contributed by atoms with Gasteiger partial charge in [0.25, 0.3) is 15.9 Å². The number of anilines is 1. The number of esters is 1. The Labute approximate surface area is 201 Å². The van der Waals surface area contributed by atoms with Crippen molar-refractivity contribution < 1.29 is 32.3 Å². The van der Waals surface area contributed by atoms with Crippen molar-refractivity contribution >= 4 is 44.8 Å². The first-order valence-electron chi connectivity index (χ1n) is 10.8. The van der Waals surface area contributed by atoms with E-state index >= 15 is 0 Å². The van der Waals surface area contributed by atoms with Gasteiger partial charge in [0, 0.05) is 33.1 Å². The number of morpholine rings is 1. The molecule has 4 rings (SSSR count). The highest BCUT2D eigenvalue weighted by Crippen LogP contribution is 2.31. The first kappa shape index (κ1) is 24.5. The fourth-order valence-corrected chi connectivity index (χ4v) is 6.67. The minimum Gasteiger partial charge on any atom is -0.427 e. The van der Waals surface area contributed by atoms with Crippen LogP contribution in [0.2, 0.25) is 0 Å². The zero-order chi connectivity index (χ0) is 24.3. The molecular weight excluding hydrogens is 482 g/mol. The van der Waals surface area contributed by atoms with Gasteiger partial charge in [-0.2, -0.15) is 4.31 Å². The maximum Gasteiger partial charge on any atom is 0.308 e. The van der Waals surface area contributed by atoms with E-state index in [0.717, 1.165) is 20.5 Å². The lowest BCUT2D eigenvalue weighted by atomic mass is 10.2. The summed E-state index contributed by atoms with van der Waals surface area (Å²) in [5.41, 5.74) is 0.287. The summed E-state index contributed by atoms with van der Waals surface area (Å²) in [6.07, 6.45) is -0.252. The molecule has 2 aliphatic rings. The van der Waals surface area contributed by atoms with Crippen LogP contribution < -0.4 is 9.64 Å². The normalized spacial score (nSPS) is 19.7. The second kappa shape index (κ2) is 10.3. The van der Waals surface area contributed by atoms with Gasteiger partial charge in [-0.3, -0.25) is 19.3 Å². The molecule has 2 saturated heterocycles. The largest absolute Gasteiger partial charge is 0.427 e. The molecule has 2 aromatic rings. The Hall–Kier alpha value is -2.64. The number of hydrogen-bond donors (Lipinski definition) is 0. The maximum atomic E-state index is 13.5. The number of carbonyl (C=O) groups is 3. The number of imide groups is 1. The third-order valence-corrected chi connectivity index (χ3v) is 8.91. The molecular formula is C22H25N3O7S2. The zero-order valence-corrected chi connectivity index (χ0v) is 20.2. The molecule has 2 aliphatic heterocycles. The molecule has 0 N–H and O–H groups in total. The number of ether oxygens (including phenoxy) is 2. The summed E-state index contributed by atoms with van der Waals surface area (Å²) in [6.45, 7) is 4.24. The van der Waals surface area contributed by atoms with Crippen LogP contribution >= 0.6 is 11.3 Å². The van der Waals surface area contributed by atoms with E-state index in [-0.39, 0.29) is 28.6 Å². The molecule has 0 bridgehead atoms. The predicted octanol–water partition coefficient (Wildman–Crippen LogP) is 1.33. The number of thiophene rings is 1. The van der Waals surface area contributed by atoms with Crippen LogP contribution in [-0.4, -0.2) is 80.8 Å². The number of amides is 2. The lowest BCUT2D eigenvalue weighted by Gasteiger charge is -2.31. The molecule has 1 atom stereocenters. The second-order valence-electron chi connectivity index (χ2n) is 7.88. The maximum absolute atomic E-state index is 13.5. The van der Waals surface area contributed by atoms with Crippen molar-refractivity contribution in [1.29, 1.82) is 0 Å². The van der Waals surface area contributed by atoms with Gasteiger partial charge in [0.15, 0.2) is 0 Å². The fourth-order valence-electron chi connectivity index (χ4n) is 3.98. The number of sulfonamides is 1. The first-order valence-corrected chi connectivity index (χ1v) is 13.1. The Morgan fingerprint density at radius 1 is 1.18 bits per heavy atom. The molecule has 10 nitrogen and oxygen atoms in total. The number of hydrogen-bond acceptors (Lipinski definition) is 9. The minimum absolute atomic E-state index is 0.0726. The van der Waals surface area contributed by atoms with E-state index in [1.165, 1.54) is 37.3 Å². The number of rotatable bonds is 8. The molecule has 1 unspecified atom stereocenters. The number of nitrogens with zero attached hydrogens (tertiary/aromatic N) is 3. The highest BCUT2D eigenvalue weighted by Gasteiger charge is 2.47. The highest BCUT2D eigenvalue weighted by molar-refractivity contribution is 7.91. The Morgan fingerprint density at radius 2 is 1.88 bits per heavy atom. The average Bonchev–Trinajstić information content (AvgIpc) is 3.44. The fraction of sp³-hybridized carbons (Fsp3) is 0.409. The van der Waals surface area contributed by atoms with Gasteiger partial charge in [0.05, 0.1) is 25.3 Å². The van der Waals surface area contributed by atoms with Crippen molar-refractivity contribution in [3.8, 4) is 5.75 Å². The van der Waals surface area contributed by atoms with Gasteiger partial charge in [0.1, 0.15) is 16.0 Å². The molecule has 12 heteroatoms. The highest BCUT2D eigenvalue weighted by atomic mass is 32.2. The van der Waals surface area contributed by atoms with E-state index in [2.05, 4.69) is 4.90 Å². The second-order valence-corrected chi connectivity index (χ2v) is 10.9. The van der Waals surface area contributed by atoms with Crippen molar-refractivity contribution in [1.82, 2.24) is 9.21 Å². The van der Waals surface area contributed by atoms with E-state index in [0.29, 0.717) is 32.8 Å². The zero-order valence-electron chi connectivity index (χ0n) is 18.6. The monoisotopic (exact) mass is 507 g/mol. The Kier molecular flexibility index (Phi) is 7.43. The molecule has 0 radical (unpaired) electrons. The van der Waals surface area contributed by atoms with Gasteiger partial charge in [-0.05, 0) is 35.7 Å². The van der Waals surface area contributed by atoms with Crippen molar-refractivity contribution in [2.24, 2.45) is 0 Å². The lowest BCUT2D eigenvalue weighted by molar-refractivity contribution is -0.132. The van der Waals surface area contributed by atoms with Gasteiger partial charge in [-0.25, -0.2) is 13.3 Å². The minimum atomic E-state index is -3.99.